The lowest BCUT2D eigenvalue weighted by Gasteiger charge is -2.08. The molecule has 1 unspecified atom stereocenters. The van der Waals surface area contributed by atoms with Gasteiger partial charge in [0.05, 0.1) is 0 Å². The first-order chi connectivity index (χ1) is 9.04. The Morgan fingerprint density at radius 3 is 2.74 bits per heavy atom. The quantitative estimate of drug-likeness (QED) is 0.933. The molecule has 0 aliphatic rings. The number of nitrogens with zero attached hydrogens (tertiary/aromatic N) is 1. The first kappa shape index (κ1) is 14.0. The van der Waals surface area contributed by atoms with Crippen molar-refractivity contribution in [3.8, 4) is 11.6 Å². The lowest BCUT2D eigenvalue weighted by molar-refractivity contribution is 0.427. The van der Waals surface area contributed by atoms with Crippen LogP contribution in [0.5, 0.6) is 11.6 Å². The van der Waals surface area contributed by atoms with Crippen LogP contribution < -0.4 is 10.5 Å². The van der Waals surface area contributed by atoms with E-state index in [2.05, 4.69) is 20.9 Å². The first-order valence-electron chi connectivity index (χ1n) is 5.88. The Morgan fingerprint density at radius 1 is 1.37 bits per heavy atom. The highest BCUT2D eigenvalue weighted by molar-refractivity contribution is 9.10. The Bertz CT molecular complexity index is 558. The van der Waals surface area contributed by atoms with E-state index in [1.165, 1.54) is 6.07 Å². The number of aromatic nitrogens is 1. The Labute approximate surface area is 119 Å². The summed E-state index contributed by atoms with van der Waals surface area (Å²) < 4.78 is 19.6. The van der Waals surface area contributed by atoms with Crippen molar-refractivity contribution in [1.82, 2.24) is 4.98 Å². The van der Waals surface area contributed by atoms with E-state index in [0.717, 1.165) is 12.0 Å². The third-order valence-corrected chi connectivity index (χ3v) is 2.96. The second-order valence-corrected chi connectivity index (χ2v) is 5.28. The van der Waals surface area contributed by atoms with E-state index in [1.807, 2.05) is 13.0 Å². The summed E-state index contributed by atoms with van der Waals surface area (Å²) in [5.41, 5.74) is 6.73. The third-order valence-electron chi connectivity index (χ3n) is 2.46. The van der Waals surface area contributed by atoms with E-state index in [4.69, 9.17) is 10.5 Å². The highest BCUT2D eigenvalue weighted by Crippen LogP contribution is 2.25. The molecule has 1 atom stereocenters. The fraction of sp³-hybridized carbons (Fsp3) is 0.214. The zero-order valence-corrected chi connectivity index (χ0v) is 12.0. The minimum Gasteiger partial charge on any atom is -0.436 e. The molecule has 100 valence electrons. The zero-order chi connectivity index (χ0) is 13.8. The summed E-state index contributed by atoms with van der Waals surface area (Å²) >= 11 is 3.19. The average molecular weight is 325 g/mol. The smallest absolute Gasteiger partial charge is 0.219 e. The van der Waals surface area contributed by atoms with Crippen LogP contribution in [0.25, 0.3) is 0 Å². The molecule has 0 fully saturated rings. The molecule has 1 heterocycles. The molecule has 0 bridgehead atoms. The molecule has 0 saturated carbocycles. The van der Waals surface area contributed by atoms with Crippen molar-refractivity contribution in [2.75, 3.05) is 0 Å². The summed E-state index contributed by atoms with van der Waals surface area (Å²) in [5.74, 6) is 0.0705. The zero-order valence-electron chi connectivity index (χ0n) is 10.4. The minimum atomic E-state index is -0.434. The molecule has 0 aliphatic heterocycles. The normalized spacial score (nSPS) is 12.2. The number of nitrogens with two attached hydrogens (primary N) is 1. The molecular formula is C14H14BrFN2O. The van der Waals surface area contributed by atoms with E-state index in [9.17, 15) is 4.39 Å². The molecule has 1 aromatic heterocycles. The molecule has 5 heteroatoms. The maximum atomic E-state index is 13.6. The van der Waals surface area contributed by atoms with E-state index >= 15 is 0 Å². The highest BCUT2D eigenvalue weighted by Gasteiger charge is 2.06. The third kappa shape index (κ3) is 4.01. The van der Waals surface area contributed by atoms with Crippen molar-refractivity contribution in [2.45, 2.75) is 19.4 Å². The van der Waals surface area contributed by atoms with E-state index in [1.54, 1.807) is 24.4 Å². The number of rotatable bonds is 4. The first-order valence-corrected chi connectivity index (χ1v) is 6.67. The van der Waals surface area contributed by atoms with Crippen LogP contribution in [-0.2, 0) is 6.42 Å². The molecule has 0 spiro atoms. The van der Waals surface area contributed by atoms with Crippen LogP contribution in [-0.4, -0.2) is 11.0 Å². The van der Waals surface area contributed by atoms with Gasteiger partial charge in [-0.3, -0.25) is 0 Å². The van der Waals surface area contributed by atoms with Crippen molar-refractivity contribution in [1.29, 1.82) is 0 Å². The maximum Gasteiger partial charge on any atom is 0.219 e. The van der Waals surface area contributed by atoms with Gasteiger partial charge in [-0.25, -0.2) is 9.37 Å². The van der Waals surface area contributed by atoms with Crippen molar-refractivity contribution >= 4 is 15.9 Å². The van der Waals surface area contributed by atoms with Crippen LogP contribution in [0.15, 0.2) is 41.0 Å². The van der Waals surface area contributed by atoms with Crippen LogP contribution in [0, 0.1) is 5.82 Å². The Hall–Kier alpha value is -1.46. The van der Waals surface area contributed by atoms with Gasteiger partial charge in [0.15, 0.2) is 11.6 Å². The molecule has 2 N–H and O–H groups in total. The number of hydrogen-bond donors (Lipinski definition) is 1. The van der Waals surface area contributed by atoms with Crippen LogP contribution in [0.4, 0.5) is 4.39 Å². The molecule has 0 aliphatic carbocycles. The SMILES string of the molecule is CC(N)Cc1ccc(Oc2ccc(Br)cc2F)nc1. The molecule has 0 amide bonds. The largest absolute Gasteiger partial charge is 0.436 e. The van der Waals surface area contributed by atoms with Gasteiger partial charge in [-0.05, 0) is 37.1 Å². The predicted molar refractivity (Wildman–Crippen MR) is 75.8 cm³/mol. The van der Waals surface area contributed by atoms with Crippen molar-refractivity contribution < 1.29 is 9.13 Å². The second kappa shape index (κ2) is 6.12. The van der Waals surface area contributed by atoms with Crippen LogP contribution in [0.1, 0.15) is 12.5 Å². The van der Waals surface area contributed by atoms with Gasteiger partial charge in [-0.1, -0.05) is 22.0 Å². The fourth-order valence-electron chi connectivity index (χ4n) is 1.63. The summed E-state index contributed by atoms with van der Waals surface area (Å²) in [5, 5.41) is 0. The van der Waals surface area contributed by atoms with Crippen molar-refractivity contribution in [2.24, 2.45) is 5.73 Å². The molecule has 19 heavy (non-hydrogen) atoms. The fourth-order valence-corrected chi connectivity index (χ4v) is 1.97. The van der Waals surface area contributed by atoms with E-state index < -0.39 is 5.82 Å². The Kier molecular flexibility index (Phi) is 4.50. The van der Waals surface area contributed by atoms with Gasteiger partial charge in [0.1, 0.15) is 0 Å². The van der Waals surface area contributed by atoms with Crippen LogP contribution >= 0.6 is 15.9 Å². The van der Waals surface area contributed by atoms with Gasteiger partial charge in [-0.15, -0.1) is 0 Å². The number of ether oxygens (including phenoxy) is 1. The molecule has 0 saturated heterocycles. The Balaban J connectivity index is 2.10. The lowest BCUT2D eigenvalue weighted by atomic mass is 10.1. The summed E-state index contributed by atoms with van der Waals surface area (Å²) in [6, 6.07) is 8.28. The number of hydrogen-bond acceptors (Lipinski definition) is 3. The van der Waals surface area contributed by atoms with E-state index in [0.29, 0.717) is 10.4 Å². The Morgan fingerprint density at radius 2 is 2.16 bits per heavy atom. The molecule has 1 aromatic carbocycles. The number of benzene rings is 1. The molecule has 2 aromatic rings. The average Bonchev–Trinajstić information content (AvgIpc) is 2.34. The monoisotopic (exact) mass is 324 g/mol. The number of pyridine rings is 1. The van der Waals surface area contributed by atoms with E-state index in [-0.39, 0.29) is 11.8 Å². The minimum absolute atomic E-state index is 0.0810. The second-order valence-electron chi connectivity index (χ2n) is 4.36. The maximum absolute atomic E-state index is 13.6. The summed E-state index contributed by atoms with van der Waals surface area (Å²) in [7, 11) is 0. The van der Waals surface area contributed by atoms with Crippen LogP contribution in [0.2, 0.25) is 0 Å². The van der Waals surface area contributed by atoms with Gasteiger partial charge < -0.3 is 10.5 Å². The molecule has 3 nitrogen and oxygen atoms in total. The van der Waals surface area contributed by atoms with Gasteiger partial charge in [-0.2, -0.15) is 0 Å². The van der Waals surface area contributed by atoms with Gasteiger partial charge in [0.2, 0.25) is 5.88 Å². The standard InChI is InChI=1S/C14H14BrFN2O/c1-9(17)6-10-2-5-14(18-8-10)19-13-4-3-11(15)7-12(13)16/h2-5,7-9H,6,17H2,1H3. The lowest BCUT2D eigenvalue weighted by Crippen LogP contribution is -2.17. The predicted octanol–water partition coefficient (Wildman–Crippen LogP) is 3.67. The summed E-state index contributed by atoms with van der Waals surface area (Å²) in [6.07, 6.45) is 2.44. The van der Waals surface area contributed by atoms with Gasteiger partial charge in [0.25, 0.3) is 0 Å². The molecule has 2 rings (SSSR count). The number of halogens is 2. The molecule has 0 radical (unpaired) electrons. The van der Waals surface area contributed by atoms with Gasteiger partial charge >= 0.3 is 0 Å². The van der Waals surface area contributed by atoms with Crippen LogP contribution in [0.3, 0.4) is 0 Å². The molecular weight excluding hydrogens is 311 g/mol. The van der Waals surface area contributed by atoms with Crippen molar-refractivity contribution in [3.05, 3.63) is 52.4 Å². The van der Waals surface area contributed by atoms with Gasteiger partial charge in [0, 0.05) is 22.8 Å². The highest BCUT2D eigenvalue weighted by atomic mass is 79.9. The van der Waals surface area contributed by atoms with Crippen molar-refractivity contribution in [3.63, 3.8) is 0 Å². The summed E-state index contributed by atoms with van der Waals surface area (Å²) in [6.45, 7) is 1.93. The topological polar surface area (TPSA) is 48.1 Å². The summed E-state index contributed by atoms with van der Waals surface area (Å²) in [4.78, 5) is 4.13.